The molecule has 2 rings (SSSR count). The van der Waals surface area contributed by atoms with E-state index in [2.05, 4.69) is 52.0 Å². The van der Waals surface area contributed by atoms with Crippen molar-refractivity contribution in [3.8, 4) is 0 Å². The molecule has 0 aromatic carbocycles. The first-order chi connectivity index (χ1) is 8.60. The fourth-order valence-corrected chi connectivity index (χ4v) is 3.05. The molecule has 3 atom stereocenters. The molecule has 0 amide bonds. The van der Waals surface area contributed by atoms with Crippen LogP contribution in [0.25, 0.3) is 0 Å². The lowest BCUT2D eigenvalue weighted by molar-refractivity contribution is 0.435. The molecule has 3 nitrogen and oxygen atoms in total. The van der Waals surface area contributed by atoms with Crippen LogP contribution in [0.2, 0.25) is 0 Å². The van der Waals surface area contributed by atoms with Gasteiger partial charge >= 0.3 is 0 Å². The summed E-state index contributed by atoms with van der Waals surface area (Å²) in [5.41, 5.74) is 0. The molecule has 0 bridgehead atoms. The van der Waals surface area contributed by atoms with Crippen LogP contribution < -0.4 is 5.32 Å². The third kappa shape index (κ3) is 3.22. The summed E-state index contributed by atoms with van der Waals surface area (Å²) < 4.78 is 0.877. The number of anilines is 1. The van der Waals surface area contributed by atoms with E-state index >= 15 is 0 Å². The molecule has 0 spiro atoms. The lowest BCUT2D eigenvalue weighted by Crippen LogP contribution is -2.24. The van der Waals surface area contributed by atoms with Crippen molar-refractivity contribution in [3.63, 3.8) is 0 Å². The van der Waals surface area contributed by atoms with Crippen molar-refractivity contribution in [2.75, 3.05) is 5.32 Å². The molecule has 4 heteroatoms. The van der Waals surface area contributed by atoms with Gasteiger partial charge in [-0.05, 0) is 47.0 Å². The van der Waals surface area contributed by atoms with Crippen LogP contribution in [0.4, 0.5) is 5.82 Å². The highest BCUT2D eigenvalue weighted by atomic mass is 79.9. The first kappa shape index (κ1) is 13.8. The number of nitrogens with zero attached hydrogens (tertiary/aromatic N) is 2. The van der Waals surface area contributed by atoms with E-state index in [9.17, 15) is 0 Å². The van der Waals surface area contributed by atoms with Gasteiger partial charge in [0.15, 0.2) is 0 Å². The maximum atomic E-state index is 4.59. The number of aryl methyl sites for hydroxylation is 1. The van der Waals surface area contributed by atoms with Gasteiger partial charge in [0.05, 0.1) is 0 Å². The maximum absolute atomic E-state index is 4.59. The van der Waals surface area contributed by atoms with E-state index in [0.717, 1.165) is 35.0 Å². The molecule has 1 heterocycles. The summed E-state index contributed by atoms with van der Waals surface area (Å²) >= 11 is 3.47. The Morgan fingerprint density at radius 1 is 1.33 bits per heavy atom. The van der Waals surface area contributed by atoms with Gasteiger partial charge in [-0.15, -0.1) is 0 Å². The summed E-state index contributed by atoms with van der Waals surface area (Å²) in [5.74, 6) is 3.41. The number of rotatable bonds is 4. The first-order valence-corrected chi connectivity index (χ1v) is 7.69. The van der Waals surface area contributed by atoms with E-state index in [1.165, 1.54) is 12.8 Å². The average Bonchev–Trinajstić information content (AvgIpc) is 2.61. The SMILES string of the molecule is CCCc1nc(Br)cc(NC2CCC(C)C2C)n1. The van der Waals surface area contributed by atoms with E-state index < -0.39 is 0 Å². The van der Waals surface area contributed by atoms with Gasteiger partial charge in [0.25, 0.3) is 0 Å². The second kappa shape index (κ2) is 6.00. The molecule has 1 N–H and O–H groups in total. The van der Waals surface area contributed by atoms with Crippen LogP contribution in [-0.4, -0.2) is 16.0 Å². The lowest BCUT2D eigenvalue weighted by Gasteiger charge is -2.20. The molecule has 1 aromatic rings. The van der Waals surface area contributed by atoms with Gasteiger partial charge in [0.1, 0.15) is 16.2 Å². The third-order valence-corrected chi connectivity index (χ3v) is 4.42. The summed E-state index contributed by atoms with van der Waals surface area (Å²) in [4.78, 5) is 8.99. The zero-order valence-corrected chi connectivity index (χ0v) is 13.0. The minimum atomic E-state index is 0.552. The Balaban J connectivity index is 2.09. The summed E-state index contributed by atoms with van der Waals surface area (Å²) in [7, 11) is 0. The van der Waals surface area contributed by atoms with Crippen molar-refractivity contribution in [1.29, 1.82) is 0 Å². The number of halogens is 1. The predicted molar refractivity (Wildman–Crippen MR) is 78.7 cm³/mol. The van der Waals surface area contributed by atoms with Gasteiger partial charge in [0.2, 0.25) is 0 Å². The van der Waals surface area contributed by atoms with Crippen LogP contribution in [0.15, 0.2) is 10.7 Å². The average molecular weight is 312 g/mol. The Morgan fingerprint density at radius 2 is 2.11 bits per heavy atom. The van der Waals surface area contributed by atoms with Crippen LogP contribution >= 0.6 is 15.9 Å². The fraction of sp³-hybridized carbons (Fsp3) is 0.714. The Bertz CT molecular complexity index is 408. The molecule has 18 heavy (non-hydrogen) atoms. The van der Waals surface area contributed by atoms with E-state index in [0.29, 0.717) is 12.0 Å². The van der Waals surface area contributed by atoms with Gasteiger partial charge in [-0.25, -0.2) is 9.97 Å². The highest BCUT2D eigenvalue weighted by Crippen LogP contribution is 2.33. The van der Waals surface area contributed by atoms with Gasteiger partial charge in [-0.1, -0.05) is 20.8 Å². The zero-order valence-electron chi connectivity index (χ0n) is 11.4. The van der Waals surface area contributed by atoms with Crippen LogP contribution in [0.5, 0.6) is 0 Å². The molecule has 0 aliphatic heterocycles. The molecule has 1 aliphatic rings. The number of hydrogen-bond acceptors (Lipinski definition) is 3. The normalized spacial score (nSPS) is 27.4. The van der Waals surface area contributed by atoms with Crippen molar-refractivity contribution >= 4 is 21.7 Å². The first-order valence-electron chi connectivity index (χ1n) is 6.90. The molecular weight excluding hydrogens is 290 g/mol. The highest BCUT2D eigenvalue weighted by molar-refractivity contribution is 9.10. The largest absolute Gasteiger partial charge is 0.367 e. The molecule has 1 saturated carbocycles. The van der Waals surface area contributed by atoms with Crippen molar-refractivity contribution < 1.29 is 0 Å². The Labute approximate surface area is 118 Å². The molecule has 0 saturated heterocycles. The number of aromatic nitrogens is 2. The second-order valence-corrected chi connectivity index (χ2v) is 6.22. The molecule has 3 unspecified atom stereocenters. The van der Waals surface area contributed by atoms with Gasteiger partial charge in [0, 0.05) is 18.5 Å². The van der Waals surface area contributed by atoms with Crippen molar-refractivity contribution in [2.45, 2.75) is 52.5 Å². The van der Waals surface area contributed by atoms with E-state index in [1.807, 2.05) is 6.07 Å². The summed E-state index contributed by atoms with van der Waals surface area (Å²) in [6, 6.07) is 2.53. The molecular formula is C14H22BrN3. The van der Waals surface area contributed by atoms with Crippen molar-refractivity contribution in [1.82, 2.24) is 9.97 Å². The monoisotopic (exact) mass is 311 g/mol. The second-order valence-electron chi connectivity index (χ2n) is 5.41. The number of nitrogens with one attached hydrogen (secondary N) is 1. The van der Waals surface area contributed by atoms with Crippen molar-refractivity contribution in [3.05, 3.63) is 16.5 Å². The standard InChI is InChI=1S/C14H22BrN3/c1-4-5-13-17-12(15)8-14(18-13)16-11-7-6-9(2)10(11)3/h8-11H,4-7H2,1-3H3,(H,16,17,18). The zero-order chi connectivity index (χ0) is 13.1. The lowest BCUT2D eigenvalue weighted by atomic mass is 9.98. The van der Waals surface area contributed by atoms with Crippen molar-refractivity contribution in [2.24, 2.45) is 11.8 Å². The van der Waals surface area contributed by atoms with Gasteiger partial charge in [-0.2, -0.15) is 0 Å². The van der Waals surface area contributed by atoms with Gasteiger partial charge in [-0.3, -0.25) is 0 Å². The molecule has 0 radical (unpaired) electrons. The minimum absolute atomic E-state index is 0.552. The predicted octanol–water partition coefficient (Wildman–Crippen LogP) is 4.04. The third-order valence-electron chi connectivity index (χ3n) is 4.01. The van der Waals surface area contributed by atoms with Crippen LogP contribution in [0.3, 0.4) is 0 Å². The maximum Gasteiger partial charge on any atom is 0.132 e. The quantitative estimate of drug-likeness (QED) is 0.853. The summed E-state index contributed by atoms with van der Waals surface area (Å²) in [6.07, 6.45) is 4.57. The summed E-state index contributed by atoms with van der Waals surface area (Å²) in [6.45, 7) is 6.82. The van der Waals surface area contributed by atoms with E-state index in [-0.39, 0.29) is 0 Å². The molecule has 1 aromatic heterocycles. The van der Waals surface area contributed by atoms with E-state index in [4.69, 9.17) is 0 Å². The fourth-order valence-electron chi connectivity index (χ4n) is 2.63. The van der Waals surface area contributed by atoms with Crippen LogP contribution in [0.1, 0.15) is 45.9 Å². The van der Waals surface area contributed by atoms with E-state index in [1.54, 1.807) is 0 Å². The van der Waals surface area contributed by atoms with Gasteiger partial charge < -0.3 is 5.32 Å². The van der Waals surface area contributed by atoms with Crippen LogP contribution in [0, 0.1) is 11.8 Å². The minimum Gasteiger partial charge on any atom is -0.367 e. The molecule has 100 valence electrons. The Kier molecular flexibility index (Phi) is 4.60. The van der Waals surface area contributed by atoms with Crippen LogP contribution in [-0.2, 0) is 6.42 Å². The Hall–Kier alpha value is -0.640. The number of hydrogen-bond donors (Lipinski definition) is 1. The topological polar surface area (TPSA) is 37.8 Å². The molecule has 1 aliphatic carbocycles. The molecule has 1 fully saturated rings. The smallest absolute Gasteiger partial charge is 0.132 e. The Morgan fingerprint density at radius 3 is 2.72 bits per heavy atom. The highest BCUT2D eigenvalue weighted by Gasteiger charge is 2.29. The summed E-state index contributed by atoms with van der Waals surface area (Å²) in [5, 5.41) is 3.58.